The van der Waals surface area contributed by atoms with E-state index in [0.717, 1.165) is 49.2 Å². The van der Waals surface area contributed by atoms with Gasteiger partial charge in [-0.1, -0.05) is 13.3 Å². The van der Waals surface area contributed by atoms with E-state index in [-0.39, 0.29) is 57.8 Å². The molecule has 2 aromatic rings. The van der Waals surface area contributed by atoms with Crippen molar-refractivity contribution in [2.75, 3.05) is 30.9 Å². The van der Waals surface area contributed by atoms with Crippen LogP contribution in [0.15, 0.2) is 85.8 Å². The van der Waals surface area contributed by atoms with Crippen molar-refractivity contribution in [1.29, 1.82) is 0 Å². The summed E-state index contributed by atoms with van der Waals surface area (Å²) in [6, 6.07) is 5.98. The van der Waals surface area contributed by atoms with Gasteiger partial charge in [-0.15, -0.1) is 13.2 Å². The minimum atomic E-state index is -1.05. The number of anilines is 2. The van der Waals surface area contributed by atoms with Gasteiger partial charge in [-0.25, -0.2) is 8.78 Å². The molecule has 11 heteroatoms. The molecule has 221 valence electrons. The van der Waals surface area contributed by atoms with Crippen LogP contribution in [0.5, 0.6) is 0 Å². The van der Waals surface area contributed by atoms with Gasteiger partial charge in [-0.2, -0.15) is 0 Å². The maximum Gasteiger partial charge on any atom is 0.196 e. The van der Waals surface area contributed by atoms with Gasteiger partial charge in [0.2, 0.25) is 0 Å². The van der Waals surface area contributed by atoms with Crippen LogP contribution in [0.1, 0.15) is 44.4 Å². The molecule has 0 spiro atoms. The molecule has 2 rings (SSSR count). The molecule has 0 fully saturated rings. The zero-order chi connectivity index (χ0) is 27.5. The Morgan fingerprint density at radius 3 is 2.45 bits per heavy atom. The van der Waals surface area contributed by atoms with Gasteiger partial charge in [0.15, 0.2) is 11.6 Å². The zero-order valence-corrected chi connectivity index (χ0v) is 27.1. The standard InChI is InChI=1S/C26H36F2N6O.C2H4.CH3.H2O.Y/c1-4-20-17-21(9-10-24(20)32-12-8-6-7-11-29)33-34-16-15-30-13-14-31-19-22(34)18-23(27)26(28)25(5-2)35-3;1-2;;;/h5,9-10,13-17,19,32-33H,4,6-8,11-12,18,29H2,1-3H3;1-2H2;1H3;1H2;/q;;-1;;/b16-15?,22-19?,25-5+,26-23-,30-13?,31-14?;;;;. The number of methoxy groups -OCH3 is 1. The molecule has 6 N–H and O–H groups in total. The van der Waals surface area contributed by atoms with E-state index < -0.39 is 11.7 Å². The van der Waals surface area contributed by atoms with E-state index >= 15 is 0 Å². The van der Waals surface area contributed by atoms with Crippen LogP contribution in [-0.2, 0) is 50.3 Å². The monoisotopic (exact) mass is 636 g/mol. The van der Waals surface area contributed by atoms with Crippen LogP contribution in [-0.4, -0.2) is 40.3 Å². The maximum atomic E-state index is 14.8. The van der Waals surface area contributed by atoms with Gasteiger partial charge in [-0.3, -0.25) is 20.1 Å². The predicted molar refractivity (Wildman–Crippen MR) is 159 cm³/mol. The van der Waals surface area contributed by atoms with Crippen molar-refractivity contribution in [3.8, 4) is 0 Å². The van der Waals surface area contributed by atoms with Crippen molar-refractivity contribution in [3.63, 3.8) is 0 Å². The largest absolute Gasteiger partial charge is 0.494 e. The van der Waals surface area contributed by atoms with Gasteiger partial charge in [0.05, 0.1) is 18.5 Å². The van der Waals surface area contributed by atoms with E-state index in [9.17, 15) is 8.78 Å². The van der Waals surface area contributed by atoms with E-state index in [1.165, 1.54) is 31.8 Å². The number of nitrogens with two attached hydrogens (primary N) is 1. The third kappa shape index (κ3) is 14.7. The van der Waals surface area contributed by atoms with Crippen LogP contribution in [0.3, 0.4) is 0 Å². The molecule has 40 heavy (non-hydrogen) atoms. The summed E-state index contributed by atoms with van der Waals surface area (Å²) in [6.45, 7) is 11.3. The molecule has 0 unspecified atom stereocenters. The Labute approximate surface area is 263 Å². The second-order valence-electron chi connectivity index (χ2n) is 7.75. The fourth-order valence-corrected chi connectivity index (χ4v) is 3.40. The summed E-state index contributed by atoms with van der Waals surface area (Å²) >= 11 is 0. The molecule has 0 aliphatic carbocycles. The smallest absolute Gasteiger partial charge is 0.196 e. The van der Waals surface area contributed by atoms with Gasteiger partial charge >= 0.3 is 0 Å². The summed E-state index contributed by atoms with van der Waals surface area (Å²) in [6.07, 6.45) is 12.7. The van der Waals surface area contributed by atoms with Crippen LogP contribution < -0.4 is 16.5 Å². The normalized spacial score (nSPS) is 10.6. The van der Waals surface area contributed by atoms with E-state index in [4.69, 9.17) is 10.5 Å². The van der Waals surface area contributed by atoms with Crippen molar-refractivity contribution >= 4 is 11.4 Å². The second-order valence-corrected chi connectivity index (χ2v) is 7.75. The minimum Gasteiger partial charge on any atom is -0.494 e. The quantitative estimate of drug-likeness (QED) is 0.0810. The second kappa shape index (κ2) is 25.3. The summed E-state index contributed by atoms with van der Waals surface area (Å²) in [5.41, 5.74) is 12.2. The summed E-state index contributed by atoms with van der Waals surface area (Å²) in [7, 11) is 1.30. The van der Waals surface area contributed by atoms with E-state index in [0.29, 0.717) is 12.2 Å². The molecule has 1 aromatic heterocycles. The number of aromatic nitrogens is 3. The number of unbranched alkanes of at least 4 members (excludes halogenated alkanes) is 2. The SMILES string of the molecule is C/C=C(OC)\C(F)=C(\F)Cc1cnccnccn1Nc1ccc(NCCCCCN)c(CC)c1.C=C.O.[CH3-].[Y]. The number of benzene rings is 1. The third-order valence-corrected chi connectivity index (χ3v) is 5.28. The van der Waals surface area contributed by atoms with Crippen LogP contribution in [0.4, 0.5) is 20.2 Å². The zero-order valence-electron chi connectivity index (χ0n) is 24.2. The number of nitrogens with zero attached hydrogens (tertiary/aromatic N) is 3. The number of halogens is 2. The summed E-state index contributed by atoms with van der Waals surface area (Å²) in [4.78, 5) is 8.22. The van der Waals surface area contributed by atoms with Gasteiger partial charge in [0.25, 0.3) is 0 Å². The number of hydrogen-bond donors (Lipinski definition) is 3. The number of hydrogen-bond acceptors (Lipinski definition) is 6. The number of aryl methyl sites for hydroxylation is 1. The molecule has 1 heterocycles. The average molecular weight is 637 g/mol. The first-order valence-corrected chi connectivity index (χ1v) is 12.3. The fraction of sp³-hybridized carbons (Fsp3) is 0.345. The van der Waals surface area contributed by atoms with Crippen molar-refractivity contribution < 1.29 is 51.7 Å². The molecule has 0 saturated carbocycles. The molecule has 1 aromatic carbocycles. The Bertz CT molecular complexity index is 1080. The summed E-state index contributed by atoms with van der Waals surface area (Å²) in [5, 5.41) is 3.49. The molecule has 8 nitrogen and oxygen atoms in total. The van der Waals surface area contributed by atoms with Crippen molar-refractivity contribution in [1.82, 2.24) is 14.6 Å². The molecule has 0 bridgehead atoms. The minimum absolute atomic E-state index is 0. The molecule has 0 saturated heterocycles. The number of ether oxygens (including phenoxy) is 1. The Hall–Kier alpha value is -2.66. The molecule has 0 amide bonds. The van der Waals surface area contributed by atoms with Crippen molar-refractivity contribution in [2.24, 2.45) is 5.73 Å². The number of allylic oxidation sites excluding steroid dienone is 3. The predicted octanol–water partition coefficient (Wildman–Crippen LogP) is 6.05. The summed E-state index contributed by atoms with van der Waals surface area (Å²) in [5.74, 6) is -2.17. The molecular weight excluding hydrogens is 591 g/mol. The van der Waals surface area contributed by atoms with Crippen LogP contribution in [0.2, 0.25) is 0 Å². The third-order valence-electron chi connectivity index (χ3n) is 5.28. The molecule has 0 aliphatic heterocycles. The number of rotatable bonds is 13. The number of nitrogens with one attached hydrogen (secondary N) is 2. The van der Waals surface area contributed by atoms with Crippen molar-refractivity contribution in [2.45, 2.75) is 46.0 Å². The first kappa shape index (κ1) is 41.8. The first-order valence-electron chi connectivity index (χ1n) is 12.3. The van der Waals surface area contributed by atoms with E-state index in [1.54, 1.807) is 24.0 Å². The van der Waals surface area contributed by atoms with Crippen LogP contribution in [0, 0.1) is 7.43 Å². The van der Waals surface area contributed by atoms with Crippen LogP contribution in [0.25, 0.3) is 0 Å². The van der Waals surface area contributed by atoms with Gasteiger partial charge < -0.3 is 28.7 Å². The Morgan fingerprint density at radius 2 is 1.82 bits per heavy atom. The average Bonchev–Trinajstić information content (AvgIpc) is 3.03. The topological polar surface area (TPSA) is 122 Å². The van der Waals surface area contributed by atoms with E-state index in [2.05, 4.69) is 40.8 Å². The van der Waals surface area contributed by atoms with Crippen LogP contribution >= 0.6 is 0 Å². The Morgan fingerprint density at radius 1 is 1.12 bits per heavy atom. The van der Waals surface area contributed by atoms with Crippen molar-refractivity contribution in [3.05, 3.63) is 105 Å². The Balaban J connectivity index is -0.00000267. The summed E-state index contributed by atoms with van der Waals surface area (Å²) < 4.78 is 35.8. The van der Waals surface area contributed by atoms with Gasteiger partial charge in [0, 0.05) is 82.3 Å². The fourth-order valence-electron chi connectivity index (χ4n) is 3.40. The van der Waals surface area contributed by atoms with E-state index in [1.807, 2.05) is 18.2 Å². The molecule has 1 radical (unpaired) electrons. The molecular formula is C29H45F2N6O2Y-. The Kier molecular flexibility index (Phi) is 26.5. The van der Waals surface area contributed by atoms with Gasteiger partial charge in [-0.05, 0) is 62.6 Å². The first-order chi connectivity index (χ1) is 18.0. The van der Waals surface area contributed by atoms with Gasteiger partial charge in [0.1, 0.15) is 5.83 Å². The molecule has 0 aliphatic rings. The maximum absolute atomic E-state index is 14.8. The molecule has 0 atom stereocenters.